The van der Waals surface area contributed by atoms with Gasteiger partial charge >= 0.3 is 11.9 Å². The van der Waals surface area contributed by atoms with Gasteiger partial charge in [0.15, 0.2) is 0 Å². The average Bonchev–Trinajstić information content (AvgIpc) is 2.37. The lowest BCUT2D eigenvalue weighted by molar-refractivity contribution is -0.384. The minimum absolute atomic E-state index is 0.192. The molecule has 1 aromatic rings. The van der Waals surface area contributed by atoms with Crippen LogP contribution in [0.1, 0.15) is 32.4 Å². The van der Waals surface area contributed by atoms with Gasteiger partial charge in [0.05, 0.1) is 4.92 Å². The van der Waals surface area contributed by atoms with Crippen LogP contribution in [0.25, 0.3) is 0 Å². The molecule has 1 rings (SSSR count). The van der Waals surface area contributed by atoms with Crippen molar-refractivity contribution in [2.45, 2.75) is 38.4 Å². The number of rotatable bonds is 6. The number of nitro groups is 1. The van der Waals surface area contributed by atoms with Crippen molar-refractivity contribution in [3.05, 3.63) is 28.1 Å². The molecule has 118 valence electrons. The van der Waals surface area contributed by atoms with E-state index in [0.29, 0.717) is 18.7 Å². The molecule has 0 aliphatic carbocycles. The fourth-order valence-electron chi connectivity index (χ4n) is 1.75. The molecule has 21 heavy (non-hydrogen) atoms. The number of nitrogens with zero attached hydrogens (tertiary/aromatic N) is 2. The zero-order chi connectivity index (χ0) is 16.3. The third-order valence-electron chi connectivity index (χ3n) is 3.25. The molecule has 2 N–H and O–H groups in total. The number of aliphatic hydroxyl groups is 1. The van der Waals surface area contributed by atoms with E-state index < -0.39 is 28.0 Å². The molecular weight excluding hydrogens is 291 g/mol. The summed E-state index contributed by atoms with van der Waals surface area (Å²) in [6, 6.07) is 0.615. The van der Waals surface area contributed by atoms with Crippen molar-refractivity contribution in [2.24, 2.45) is 0 Å². The minimum atomic E-state index is -4.69. The summed E-state index contributed by atoms with van der Waals surface area (Å²) in [6.45, 7) is 3.24. The first-order valence-corrected chi connectivity index (χ1v) is 6.23. The standard InChI is InChI=1S/C12H16F3N3O3/c1-3-11(2,4-5-19)17-8-6-10(12(13,14)15)16-7-9(8)18(20)21/h6-7,19H,3-5H2,1-2H3,(H,16,17). The Kier molecular flexibility index (Phi) is 5.10. The zero-order valence-corrected chi connectivity index (χ0v) is 11.6. The highest BCUT2D eigenvalue weighted by Gasteiger charge is 2.35. The Bertz CT molecular complexity index is 522. The Hall–Kier alpha value is -1.90. The fraction of sp³-hybridized carbons (Fsp3) is 0.583. The van der Waals surface area contributed by atoms with Gasteiger partial charge in [0.25, 0.3) is 0 Å². The van der Waals surface area contributed by atoms with Crippen LogP contribution < -0.4 is 5.32 Å². The fourth-order valence-corrected chi connectivity index (χ4v) is 1.75. The number of aromatic nitrogens is 1. The zero-order valence-electron chi connectivity index (χ0n) is 11.6. The molecule has 0 spiro atoms. The van der Waals surface area contributed by atoms with Gasteiger partial charge in [0.1, 0.15) is 17.6 Å². The molecule has 0 amide bonds. The van der Waals surface area contributed by atoms with E-state index in [1.807, 2.05) is 0 Å². The number of hydrogen-bond acceptors (Lipinski definition) is 5. The monoisotopic (exact) mass is 307 g/mol. The highest BCUT2D eigenvalue weighted by atomic mass is 19.4. The summed E-state index contributed by atoms with van der Waals surface area (Å²) in [7, 11) is 0. The van der Waals surface area contributed by atoms with Crippen LogP contribution in [0.4, 0.5) is 24.5 Å². The second-order valence-corrected chi connectivity index (χ2v) is 4.85. The molecule has 1 atom stereocenters. The van der Waals surface area contributed by atoms with Crippen molar-refractivity contribution < 1.29 is 23.2 Å². The first kappa shape index (κ1) is 17.2. The third kappa shape index (κ3) is 4.28. The predicted molar refractivity (Wildman–Crippen MR) is 69.9 cm³/mol. The van der Waals surface area contributed by atoms with Crippen LogP contribution in [-0.4, -0.2) is 27.2 Å². The van der Waals surface area contributed by atoms with Crippen molar-refractivity contribution in [1.29, 1.82) is 0 Å². The predicted octanol–water partition coefficient (Wildman–Crippen LogP) is 2.97. The highest BCUT2D eigenvalue weighted by molar-refractivity contribution is 5.62. The molecule has 0 bridgehead atoms. The van der Waals surface area contributed by atoms with Crippen molar-refractivity contribution in [3.63, 3.8) is 0 Å². The first-order valence-electron chi connectivity index (χ1n) is 6.23. The van der Waals surface area contributed by atoms with E-state index in [1.54, 1.807) is 13.8 Å². The van der Waals surface area contributed by atoms with Gasteiger partial charge < -0.3 is 10.4 Å². The maximum absolute atomic E-state index is 12.7. The third-order valence-corrected chi connectivity index (χ3v) is 3.25. The van der Waals surface area contributed by atoms with E-state index in [-0.39, 0.29) is 18.7 Å². The molecule has 1 unspecified atom stereocenters. The van der Waals surface area contributed by atoms with Crippen molar-refractivity contribution in [1.82, 2.24) is 4.98 Å². The Balaban J connectivity index is 3.27. The lowest BCUT2D eigenvalue weighted by Gasteiger charge is -2.30. The van der Waals surface area contributed by atoms with Gasteiger partial charge in [0, 0.05) is 12.1 Å². The molecular formula is C12H16F3N3O3. The van der Waals surface area contributed by atoms with Crippen LogP contribution in [0.15, 0.2) is 12.3 Å². The van der Waals surface area contributed by atoms with Gasteiger partial charge in [-0.15, -0.1) is 0 Å². The van der Waals surface area contributed by atoms with Crippen LogP contribution >= 0.6 is 0 Å². The molecule has 0 aliphatic heterocycles. The molecule has 0 radical (unpaired) electrons. The SMILES string of the molecule is CCC(C)(CCO)Nc1cc(C(F)(F)F)ncc1[N+](=O)[O-]. The van der Waals surface area contributed by atoms with E-state index in [9.17, 15) is 23.3 Å². The minimum Gasteiger partial charge on any atom is -0.396 e. The molecule has 6 nitrogen and oxygen atoms in total. The lowest BCUT2D eigenvalue weighted by Crippen LogP contribution is -2.35. The molecule has 0 aromatic carbocycles. The van der Waals surface area contributed by atoms with Crippen molar-refractivity contribution in [2.75, 3.05) is 11.9 Å². The number of anilines is 1. The number of alkyl halides is 3. The molecule has 0 saturated heterocycles. The smallest absolute Gasteiger partial charge is 0.396 e. The van der Waals surface area contributed by atoms with Crippen LogP contribution in [-0.2, 0) is 6.18 Å². The summed E-state index contributed by atoms with van der Waals surface area (Å²) in [5.74, 6) is 0. The van der Waals surface area contributed by atoms with Gasteiger partial charge in [-0.1, -0.05) is 6.92 Å². The topological polar surface area (TPSA) is 88.3 Å². The summed E-state index contributed by atoms with van der Waals surface area (Å²) in [6.07, 6.45) is -3.40. The number of pyridine rings is 1. The quantitative estimate of drug-likeness (QED) is 0.623. The van der Waals surface area contributed by atoms with Crippen LogP contribution in [0.3, 0.4) is 0 Å². The van der Waals surface area contributed by atoms with Gasteiger partial charge in [-0.2, -0.15) is 13.2 Å². The van der Waals surface area contributed by atoms with Crippen LogP contribution in [0, 0.1) is 10.1 Å². The van der Waals surface area contributed by atoms with Crippen LogP contribution in [0.5, 0.6) is 0 Å². The van der Waals surface area contributed by atoms with Gasteiger partial charge in [0.2, 0.25) is 0 Å². The average molecular weight is 307 g/mol. The summed E-state index contributed by atoms with van der Waals surface area (Å²) in [5, 5.41) is 22.6. The maximum Gasteiger partial charge on any atom is 0.433 e. The van der Waals surface area contributed by atoms with Crippen LogP contribution in [0.2, 0.25) is 0 Å². The van der Waals surface area contributed by atoms with Crippen molar-refractivity contribution >= 4 is 11.4 Å². The Morgan fingerprint density at radius 3 is 2.52 bits per heavy atom. The van der Waals surface area contributed by atoms with Gasteiger partial charge in [-0.05, 0) is 25.8 Å². The second kappa shape index (κ2) is 6.25. The van der Waals surface area contributed by atoms with E-state index in [0.717, 1.165) is 0 Å². The molecule has 9 heteroatoms. The number of hydrogen-bond donors (Lipinski definition) is 2. The van der Waals surface area contributed by atoms with Crippen molar-refractivity contribution in [3.8, 4) is 0 Å². The molecule has 0 aliphatic rings. The molecule has 0 fully saturated rings. The molecule has 1 heterocycles. The van der Waals surface area contributed by atoms with E-state index in [1.165, 1.54) is 0 Å². The summed E-state index contributed by atoms with van der Waals surface area (Å²) >= 11 is 0. The largest absolute Gasteiger partial charge is 0.433 e. The Labute approximate surface area is 119 Å². The van der Waals surface area contributed by atoms with E-state index in [2.05, 4.69) is 10.3 Å². The second-order valence-electron chi connectivity index (χ2n) is 4.85. The van der Waals surface area contributed by atoms with Gasteiger partial charge in [-0.3, -0.25) is 10.1 Å². The number of nitrogens with one attached hydrogen (secondary N) is 1. The van der Waals surface area contributed by atoms with Gasteiger partial charge in [-0.25, -0.2) is 4.98 Å². The Morgan fingerprint density at radius 2 is 2.10 bits per heavy atom. The first-order chi connectivity index (χ1) is 9.63. The molecule has 0 saturated carbocycles. The summed E-state index contributed by atoms with van der Waals surface area (Å²) in [4.78, 5) is 13.2. The maximum atomic E-state index is 12.7. The lowest BCUT2D eigenvalue weighted by atomic mass is 9.94. The number of aliphatic hydroxyl groups excluding tert-OH is 1. The number of halogens is 3. The normalized spacial score (nSPS) is 14.6. The molecule has 1 aromatic heterocycles. The highest BCUT2D eigenvalue weighted by Crippen LogP contribution is 2.35. The van der Waals surface area contributed by atoms with E-state index in [4.69, 9.17) is 5.11 Å². The summed E-state index contributed by atoms with van der Waals surface area (Å²) in [5.41, 5.74) is -2.78. The Morgan fingerprint density at radius 1 is 1.48 bits per heavy atom. The summed E-state index contributed by atoms with van der Waals surface area (Å²) < 4.78 is 38.0. The van der Waals surface area contributed by atoms with E-state index >= 15 is 0 Å².